The highest BCUT2D eigenvalue weighted by molar-refractivity contribution is 7.98. The Balaban J connectivity index is 1.74. The van der Waals surface area contributed by atoms with Crippen LogP contribution in [0.3, 0.4) is 0 Å². The van der Waals surface area contributed by atoms with Crippen molar-refractivity contribution in [1.29, 1.82) is 5.41 Å². The zero-order valence-corrected chi connectivity index (χ0v) is 15.1. The van der Waals surface area contributed by atoms with E-state index in [2.05, 4.69) is 34.1 Å². The van der Waals surface area contributed by atoms with Crippen molar-refractivity contribution < 1.29 is 0 Å². The Hall–Kier alpha value is -1.04. The van der Waals surface area contributed by atoms with E-state index < -0.39 is 0 Å². The van der Waals surface area contributed by atoms with E-state index in [1.54, 1.807) is 0 Å². The molecular formula is C18H30N4S. The fraction of sp³-hybridized carbons (Fsp3) is 0.611. The average Bonchev–Trinajstić information content (AvgIpc) is 2.60. The summed E-state index contributed by atoms with van der Waals surface area (Å²) in [6.45, 7) is 10.3. The highest BCUT2D eigenvalue weighted by Crippen LogP contribution is 2.24. The maximum absolute atomic E-state index is 7.33. The van der Waals surface area contributed by atoms with E-state index >= 15 is 0 Å². The van der Waals surface area contributed by atoms with Gasteiger partial charge in [0.1, 0.15) is 0 Å². The molecule has 0 aromatic rings. The van der Waals surface area contributed by atoms with Crippen molar-refractivity contribution in [1.82, 2.24) is 15.4 Å². The number of hydrogen-bond donors (Lipinski definition) is 4. The molecule has 1 heterocycles. The molecule has 1 aliphatic carbocycles. The van der Waals surface area contributed by atoms with Crippen LogP contribution in [0.15, 0.2) is 35.6 Å². The van der Waals surface area contributed by atoms with Gasteiger partial charge in [0, 0.05) is 29.2 Å². The third-order valence-electron chi connectivity index (χ3n) is 4.67. The van der Waals surface area contributed by atoms with Crippen LogP contribution < -0.4 is 15.4 Å². The van der Waals surface area contributed by atoms with E-state index in [9.17, 15) is 0 Å². The minimum atomic E-state index is 0.353. The summed E-state index contributed by atoms with van der Waals surface area (Å²) in [6, 6.07) is 1.01. The van der Waals surface area contributed by atoms with Crippen LogP contribution in [0.2, 0.25) is 0 Å². The van der Waals surface area contributed by atoms with Crippen molar-refractivity contribution in [3.05, 3.63) is 35.6 Å². The first-order valence-electron chi connectivity index (χ1n) is 8.54. The van der Waals surface area contributed by atoms with Gasteiger partial charge in [-0.05, 0) is 63.8 Å². The van der Waals surface area contributed by atoms with E-state index in [0.717, 1.165) is 36.4 Å². The zero-order chi connectivity index (χ0) is 16.7. The Bertz CT molecular complexity index is 477. The molecule has 0 bridgehead atoms. The summed E-state index contributed by atoms with van der Waals surface area (Å²) in [4.78, 5) is 0. The second-order valence-corrected chi connectivity index (χ2v) is 7.52. The highest BCUT2D eigenvalue weighted by atomic mass is 32.2. The molecule has 5 heteroatoms. The summed E-state index contributed by atoms with van der Waals surface area (Å²) < 4.78 is 3.64. The largest absolute Gasteiger partial charge is 0.379 e. The predicted molar refractivity (Wildman–Crippen MR) is 102 cm³/mol. The van der Waals surface area contributed by atoms with Crippen LogP contribution in [0.4, 0.5) is 0 Å². The quantitative estimate of drug-likeness (QED) is 0.250. The van der Waals surface area contributed by atoms with Crippen molar-refractivity contribution in [3.63, 3.8) is 0 Å². The normalized spacial score (nSPS) is 26.5. The van der Waals surface area contributed by atoms with Gasteiger partial charge in [-0.15, -0.1) is 0 Å². The lowest BCUT2D eigenvalue weighted by molar-refractivity contribution is 0.439. The smallest absolute Gasteiger partial charge is 0.0445 e. The molecule has 0 spiro atoms. The molecule has 1 fully saturated rings. The molecule has 4 nitrogen and oxygen atoms in total. The van der Waals surface area contributed by atoms with Gasteiger partial charge < -0.3 is 16.0 Å². The van der Waals surface area contributed by atoms with E-state index in [-0.39, 0.29) is 0 Å². The molecule has 1 saturated heterocycles. The van der Waals surface area contributed by atoms with Crippen LogP contribution in [0.25, 0.3) is 0 Å². The van der Waals surface area contributed by atoms with E-state index in [1.165, 1.54) is 25.5 Å². The second kappa shape index (κ2) is 9.30. The van der Waals surface area contributed by atoms with Gasteiger partial charge in [-0.2, -0.15) is 0 Å². The first-order chi connectivity index (χ1) is 11.1. The number of piperidine rings is 1. The molecule has 2 atom stereocenters. The minimum Gasteiger partial charge on any atom is -0.379 e. The van der Waals surface area contributed by atoms with Crippen LogP contribution in [0.5, 0.6) is 0 Å². The maximum atomic E-state index is 7.33. The Kier molecular flexibility index (Phi) is 7.40. The number of hydrogen-bond acceptors (Lipinski definition) is 5. The highest BCUT2D eigenvalue weighted by Gasteiger charge is 2.19. The van der Waals surface area contributed by atoms with Gasteiger partial charge in [0.15, 0.2) is 0 Å². The summed E-state index contributed by atoms with van der Waals surface area (Å²) in [7, 11) is 0. The van der Waals surface area contributed by atoms with Gasteiger partial charge in [0.05, 0.1) is 0 Å². The Morgan fingerprint density at radius 2 is 1.96 bits per heavy atom. The van der Waals surface area contributed by atoms with Crippen LogP contribution in [-0.4, -0.2) is 36.6 Å². The van der Waals surface area contributed by atoms with E-state index in [0.29, 0.717) is 17.3 Å². The Labute approximate surface area is 144 Å². The molecule has 0 radical (unpaired) electrons. The molecule has 0 aromatic carbocycles. The standard InChI is InChI=1S/C18H30N4S/c1-13(12-19)14(2)15(3)21-16-4-6-18(7-5-16)23-22-17-8-10-20-11-9-17/h4,6,12,16-22H,3,5,7-11H2,1-2H3/b14-13-,19-12?. The van der Waals surface area contributed by atoms with E-state index in [4.69, 9.17) is 5.41 Å². The molecule has 0 saturated carbocycles. The summed E-state index contributed by atoms with van der Waals surface area (Å²) in [5.74, 6) is 0. The van der Waals surface area contributed by atoms with Gasteiger partial charge >= 0.3 is 0 Å². The Morgan fingerprint density at radius 1 is 1.22 bits per heavy atom. The molecule has 23 heavy (non-hydrogen) atoms. The van der Waals surface area contributed by atoms with Crippen molar-refractivity contribution in [2.75, 3.05) is 13.1 Å². The first kappa shape index (κ1) is 18.3. The van der Waals surface area contributed by atoms with Crippen LogP contribution in [-0.2, 0) is 0 Å². The molecule has 2 aliphatic rings. The van der Waals surface area contributed by atoms with Gasteiger partial charge in [-0.1, -0.05) is 30.7 Å². The van der Waals surface area contributed by atoms with Gasteiger partial charge in [-0.3, -0.25) is 4.72 Å². The van der Waals surface area contributed by atoms with Gasteiger partial charge in [0.2, 0.25) is 0 Å². The Morgan fingerprint density at radius 3 is 2.57 bits per heavy atom. The van der Waals surface area contributed by atoms with Crippen molar-refractivity contribution in [2.45, 2.75) is 56.9 Å². The summed E-state index contributed by atoms with van der Waals surface area (Å²) >= 11 is 1.89. The first-order valence-corrected chi connectivity index (χ1v) is 9.42. The van der Waals surface area contributed by atoms with Crippen molar-refractivity contribution >= 4 is 18.2 Å². The van der Waals surface area contributed by atoms with Crippen molar-refractivity contribution in [3.8, 4) is 0 Å². The SMILES string of the molecule is C=C(NC1C=CC(SNC2CCNCC2)CC1)/C(C)=C(/C)C=N. The van der Waals surface area contributed by atoms with Crippen molar-refractivity contribution in [2.24, 2.45) is 0 Å². The number of allylic oxidation sites excluding steroid dienone is 2. The van der Waals surface area contributed by atoms with Crippen LogP contribution in [0.1, 0.15) is 39.5 Å². The second-order valence-electron chi connectivity index (χ2n) is 6.44. The lowest BCUT2D eigenvalue weighted by Gasteiger charge is -2.28. The third-order valence-corrected chi connectivity index (χ3v) is 5.83. The molecule has 0 aromatic heterocycles. The fourth-order valence-corrected chi connectivity index (χ4v) is 3.84. The molecule has 2 unspecified atom stereocenters. The van der Waals surface area contributed by atoms with Gasteiger partial charge in [0.25, 0.3) is 0 Å². The predicted octanol–water partition coefficient (Wildman–Crippen LogP) is 3.15. The molecular weight excluding hydrogens is 304 g/mol. The fourth-order valence-electron chi connectivity index (χ4n) is 2.81. The molecule has 128 valence electrons. The number of nitrogens with one attached hydrogen (secondary N) is 4. The summed E-state index contributed by atoms with van der Waals surface area (Å²) in [5.41, 5.74) is 2.96. The topological polar surface area (TPSA) is 59.9 Å². The van der Waals surface area contributed by atoms with Gasteiger partial charge in [-0.25, -0.2) is 0 Å². The number of rotatable bonds is 7. The molecule has 4 N–H and O–H groups in total. The monoisotopic (exact) mass is 334 g/mol. The zero-order valence-electron chi connectivity index (χ0n) is 14.3. The van der Waals surface area contributed by atoms with Crippen LogP contribution >= 0.6 is 11.9 Å². The molecule has 2 rings (SSSR count). The molecule has 1 aliphatic heterocycles. The van der Waals surface area contributed by atoms with E-state index in [1.807, 2.05) is 25.8 Å². The minimum absolute atomic E-state index is 0.353. The summed E-state index contributed by atoms with van der Waals surface area (Å²) in [5, 5.41) is 14.8. The van der Waals surface area contributed by atoms with Crippen LogP contribution in [0, 0.1) is 5.41 Å². The average molecular weight is 335 g/mol. The lowest BCUT2D eigenvalue weighted by Crippen LogP contribution is -2.38. The molecule has 0 amide bonds. The maximum Gasteiger partial charge on any atom is 0.0445 e. The third kappa shape index (κ3) is 5.83. The lowest BCUT2D eigenvalue weighted by atomic mass is 10.0. The summed E-state index contributed by atoms with van der Waals surface area (Å²) in [6.07, 6.45) is 10.7.